The fourth-order valence-corrected chi connectivity index (χ4v) is 3.29. The molecule has 2 aromatic rings. The zero-order valence-corrected chi connectivity index (χ0v) is 16.3. The van der Waals surface area contributed by atoms with Crippen LogP contribution in [0.5, 0.6) is 11.6 Å². The molecule has 0 saturated carbocycles. The van der Waals surface area contributed by atoms with Crippen molar-refractivity contribution in [3.8, 4) is 11.6 Å². The molecule has 0 N–H and O–H groups in total. The lowest BCUT2D eigenvalue weighted by Crippen LogP contribution is -2.42. The van der Waals surface area contributed by atoms with E-state index in [1.54, 1.807) is 0 Å². The van der Waals surface area contributed by atoms with Gasteiger partial charge in [0.05, 0.1) is 13.0 Å². The van der Waals surface area contributed by atoms with Crippen LogP contribution in [-0.4, -0.2) is 46.6 Å². The van der Waals surface area contributed by atoms with E-state index in [0.717, 1.165) is 29.8 Å². The number of benzene rings is 1. The molecule has 6 heteroatoms. The second kappa shape index (κ2) is 8.84. The number of likely N-dealkylation sites (tertiary alicyclic amines) is 1. The topological polar surface area (TPSA) is 64.5 Å². The van der Waals surface area contributed by atoms with Crippen molar-refractivity contribution < 1.29 is 14.3 Å². The Hall–Kier alpha value is -2.63. The SMILES string of the molecule is CCOc1ccc(CC(=O)N2CCC(Oc3cc(C)nc(C)n3)CC2)cc1. The lowest BCUT2D eigenvalue weighted by molar-refractivity contribution is -0.132. The Balaban J connectivity index is 1.48. The molecule has 1 amide bonds. The summed E-state index contributed by atoms with van der Waals surface area (Å²) in [5.41, 5.74) is 1.91. The molecule has 144 valence electrons. The van der Waals surface area contributed by atoms with Crippen molar-refractivity contribution in [2.24, 2.45) is 0 Å². The van der Waals surface area contributed by atoms with Gasteiger partial charge in [-0.25, -0.2) is 4.98 Å². The molecule has 6 nitrogen and oxygen atoms in total. The van der Waals surface area contributed by atoms with Gasteiger partial charge >= 0.3 is 0 Å². The minimum Gasteiger partial charge on any atom is -0.494 e. The van der Waals surface area contributed by atoms with Crippen molar-refractivity contribution >= 4 is 5.91 Å². The van der Waals surface area contributed by atoms with Crippen molar-refractivity contribution in [2.75, 3.05) is 19.7 Å². The first-order valence-corrected chi connectivity index (χ1v) is 9.52. The number of hydrogen-bond acceptors (Lipinski definition) is 5. The van der Waals surface area contributed by atoms with Gasteiger partial charge in [-0.05, 0) is 38.5 Å². The largest absolute Gasteiger partial charge is 0.494 e. The van der Waals surface area contributed by atoms with Crippen LogP contribution < -0.4 is 9.47 Å². The Bertz CT molecular complexity index is 748. The molecule has 0 spiro atoms. The molecular formula is C21H27N3O3. The van der Waals surface area contributed by atoms with E-state index in [1.807, 2.05) is 56.0 Å². The number of hydrogen-bond donors (Lipinski definition) is 0. The van der Waals surface area contributed by atoms with Crippen LogP contribution in [0, 0.1) is 13.8 Å². The van der Waals surface area contributed by atoms with E-state index in [4.69, 9.17) is 9.47 Å². The molecule has 0 unspecified atom stereocenters. The second-order valence-corrected chi connectivity index (χ2v) is 6.85. The number of nitrogens with zero attached hydrogens (tertiary/aromatic N) is 3. The monoisotopic (exact) mass is 369 g/mol. The van der Waals surface area contributed by atoms with Crippen LogP contribution in [0.3, 0.4) is 0 Å². The highest BCUT2D eigenvalue weighted by atomic mass is 16.5. The number of rotatable bonds is 6. The number of aryl methyl sites for hydroxylation is 2. The third-order valence-corrected chi connectivity index (χ3v) is 4.61. The molecular weight excluding hydrogens is 342 g/mol. The Morgan fingerprint density at radius 1 is 1.15 bits per heavy atom. The lowest BCUT2D eigenvalue weighted by Gasteiger charge is -2.32. The lowest BCUT2D eigenvalue weighted by atomic mass is 10.1. The molecule has 0 bridgehead atoms. The van der Waals surface area contributed by atoms with E-state index >= 15 is 0 Å². The standard InChI is InChI=1S/C21H27N3O3/c1-4-26-18-7-5-17(6-8-18)14-21(25)24-11-9-19(10-12-24)27-20-13-15(2)22-16(3)23-20/h5-8,13,19H,4,9-12,14H2,1-3H3. The second-order valence-electron chi connectivity index (χ2n) is 6.85. The maximum Gasteiger partial charge on any atom is 0.226 e. The zero-order valence-electron chi connectivity index (χ0n) is 16.3. The molecule has 1 aromatic heterocycles. The highest BCUT2D eigenvalue weighted by molar-refractivity contribution is 5.78. The Labute approximate surface area is 160 Å². The summed E-state index contributed by atoms with van der Waals surface area (Å²) < 4.78 is 11.4. The molecule has 2 heterocycles. The smallest absolute Gasteiger partial charge is 0.226 e. The van der Waals surface area contributed by atoms with Crippen molar-refractivity contribution in [1.82, 2.24) is 14.9 Å². The van der Waals surface area contributed by atoms with Crippen LogP contribution in [0.15, 0.2) is 30.3 Å². The van der Waals surface area contributed by atoms with Gasteiger partial charge in [0, 0.05) is 37.7 Å². The summed E-state index contributed by atoms with van der Waals surface area (Å²) >= 11 is 0. The molecule has 1 aliphatic heterocycles. The summed E-state index contributed by atoms with van der Waals surface area (Å²) in [6.45, 7) is 7.82. The van der Waals surface area contributed by atoms with Crippen LogP contribution in [0.1, 0.15) is 36.8 Å². The van der Waals surface area contributed by atoms with E-state index in [-0.39, 0.29) is 12.0 Å². The number of ether oxygens (including phenoxy) is 2. The normalized spacial score (nSPS) is 14.9. The average Bonchev–Trinajstić information content (AvgIpc) is 2.63. The molecule has 0 aliphatic carbocycles. The maximum atomic E-state index is 12.6. The van der Waals surface area contributed by atoms with Gasteiger partial charge in [-0.3, -0.25) is 4.79 Å². The first-order valence-electron chi connectivity index (χ1n) is 9.52. The Morgan fingerprint density at radius 3 is 2.48 bits per heavy atom. The summed E-state index contributed by atoms with van der Waals surface area (Å²) in [6.07, 6.45) is 2.14. The zero-order chi connectivity index (χ0) is 19.2. The van der Waals surface area contributed by atoms with E-state index in [2.05, 4.69) is 9.97 Å². The summed E-state index contributed by atoms with van der Waals surface area (Å²) in [5, 5.41) is 0. The quantitative estimate of drug-likeness (QED) is 0.783. The fraction of sp³-hybridized carbons (Fsp3) is 0.476. The highest BCUT2D eigenvalue weighted by Gasteiger charge is 2.24. The predicted molar refractivity (Wildman–Crippen MR) is 103 cm³/mol. The number of aromatic nitrogens is 2. The number of amides is 1. The first kappa shape index (κ1) is 19.1. The predicted octanol–water partition coefficient (Wildman–Crippen LogP) is 3.10. The molecule has 1 aromatic carbocycles. The van der Waals surface area contributed by atoms with Crippen molar-refractivity contribution in [3.05, 3.63) is 47.4 Å². The first-order chi connectivity index (χ1) is 13.0. The third-order valence-electron chi connectivity index (χ3n) is 4.61. The van der Waals surface area contributed by atoms with Crippen LogP contribution in [0.4, 0.5) is 0 Å². The molecule has 1 saturated heterocycles. The summed E-state index contributed by atoms with van der Waals surface area (Å²) in [5.74, 6) is 2.33. The van der Waals surface area contributed by atoms with Gasteiger partial charge < -0.3 is 14.4 Å². The number of carbonyl (C=O) groups is 1. The summed E-state index contributed by atoms with van der Waals surface area (Å²) in [7, 11) is 0. The summed E-state index contributed by atoms with van der Waals surface area (Å²) in [6, 6.07) is 9.60. The van der Waals surface area contributed by atoms with E-state index in [0.29, 0.717) is 37.8 Å². The molecule has 3 rings (SSSR count). The van der Waals surface area contributed by atoms with Gasteiger partial charge in [0.2, 0.25) is 11.8 Å². The van der Waals surface area contributed by atoms with Crippen LogP contribution in [0.2, 0.25) is 0 Å². The fourth-order valence-electron chi connectivity index (χ4n) is 3.29. The minimum absolute atomic E-state index is 0.0910. The van der Waals surface area contributed by atoms with Crippen LogP contribution in [-0.2, 0) is 11.2 Å². The van der Waals surface area contributed by atoms with E-state index in [1.165, 1.54) is 0 Å². The molecule has 0 radical (unpaired) electrons. The number of carbonyl (C=O) groups excluding carboxylic acids is 1. The molecule has 0 atom stereocenters. The van der Waals surface area contributed by atoms with E-state index in [9.17, 15) is 4.79 Å². The van der Waals surface area contributed by atoms with Crippen molar-refractivity contribution in [3.63, 3.8) is 0 Å². The van der Waals surface area contributed by atoms with Gasteiger partial charge in [-0.15, -0.1) is 0 Å². The van der Waals surface area contributed by atoms with Crippen LogP contribution >= 0.6 is 0 Å². The Kier molecular flexibility index (Phi) is 6.27. The molecule has 27 heavy (non-hydrogen) atoms. The van der Waals surface area contributed by atoms with Gasteiger partial charge in [-0.1, -0.05) is 12.1 Å². The number of piperidine rings is 1. The summed E-state index contributed by atoms with van der Waals surface area (Å²) in [4.78, 5) is 23.1. The molecule has 1 aliphatic rings. The Morgan fingerprint density at radius 2 is 1.85 bits per heavy atom. The van der Waals surface area contributed by atoms with Crippen molar-refractivity contribution in [2.45, 2.75) is 46.1 Å². The van der Waals surface area contributed by atoms with Gasteiger partial charge in [0.15, 0.2) is 0 Å². The van der Waals surface area contributed by atoms with Gasteiger partial charge in [0.25, 0.3) is 0 Å². The average molecular weight is 369 g/mol. The van der Waals surface area contributed by atoms with Gasteiger partial charge in [-0.2, -0.15) is 4.98 Å². The molecule has 1 fully saturated rings. The van der Waals surface area contributed by atoms with Crippen molar-refractivity contribution in [1.29, 1.82) is 0 Å². The minimum atomic E-state index is 0.0910. The van der Waals surface area contributed by atoms with Crippen LogP contribution in [0.25, 0.3) is 0 Å². The van der Waals surface area contributed by atoms with E-state index < -0.39 is 0 Å². The van der Waals surface area contributed by atoms with Gasteiger partial charge in [0.1, 0.15) is 17.7 Å². The third kappa shape index (κ3) is 5.42. The maximum absolute atomic E-state index is 12.6. The highest BCUT2D eigenvalue weighted by Crippen LogP contribution is 2.19.